The number of hydrogen-bond donors (Lipinski definition) is 5. The van der Waals surface area contributed by atoms with E-state index in [2.05, 4.69) is 30.3 Å². The number of esters is 1. The van der Waals surface area contributed by atoms with Crippen molar-refractivity contribution < 1.29 is 39.5 Å². The molecule has 0 fully saturated rings. The number of alkyl halides is 3. The number of thiazole rings is 1. The lowest BCUT2D eigenvalue weighted by Gasteiger charge is -2.24. The standard InChI is InChI=1S/C19H18F3N9O6S3/c1-7(23)16(37-17(32)19(20,21)22)29-40(35,36)11-6-5-8(9-3-2-4-10-13(9)26-18(24)38-10)12(14(11)39(25,33)34)15-27-30-31-28-15/h2-7,16,29H,23H2,1H3,(H2,24,26)(H2,25,33,34)(H,27,28,30,31). The summed E-state index contributed by atoms with van der Waals surface area (Å²) in [6.07, 6.45) is -7.73. The molecule has 2 heterocycles. The average Bonchev–Trinajstić information content (AvgIpc) is 3.50. The Balaban J connectivity index is 1.98. The second-order valence-corrected chi connectivity index (χ2v) is 12.4. The van der Waals surface area contributed by atoms with E-state index in [1.54, 1.807) is 22.9 Å². The zero-order valence-corrected chi connectivity index (χ0v) is 22.3. The van der Waals surface area contributed by atoms with Gasteiger partial charge in [0.25, 0.3) is 0 Å². The van der Waals surface area contributed by atoms with Crippen molar-refractivity contribution in [2.24, 2.45) is 10.9 Å². The molecule has 40 heavy (non-hydrogen) atoms. The second kappa shape index (κ2) is 10.3. The number of nitrogens with two attached hydrogens (primary N) is 3. The molecule has 0 amide bonds. The average molecular weight is 622 g/mol. The number of aromatic amines is 1. The molecule has 0 bridgehead atoms. The van der Waals surface area contributed by atoms with Crippen molar-refractivity contribution in [1.29, 1.82) is 0 Å². The van der Waals surface area contributed by atoms with Crippen molar-refractivity contribution in [2.45, 2.75) is 35.2 Å². The summed E-state index contributed by atoms with van der Waals surface area (Å²) in [5.74, 6) is -3.06. The summed E-state index contributed by atoms with van der Waals surface area (Å²) >= 11 is 1.13. The number of para-hydroxylation sites is 1. The highest BCUT2D eigenvalue weighted by Gasteiger charge is 2.44. The molecule has 15 nitrogen and oxygen atoms in total. The molecule has 0 saturated carbocycles. The number of sulfonamides is 2. The van der Waals surface area contributed by atoms with E-state index in [-0.39, 0.29) is 16.5 Å². The van der Waals surface area contributed by atoms with Crippen LogP contribution in [0.1, 0.15) is 6.92 Å². The highest BCUT2D eigenvalue weighted by Crippen LogP contribution is 2.42. The number of H-pyrrole nitrogens is 1. The fraction of sp³-hybridized carbons (Fsp3) is 0.211. The van der Waals surface area contributed by atoms with Gasteiger partial charge in [0.2, 0.25) is 20.0 Å². The second-order valence-electron chi connectivity index (χ2n) is 8.12. The fourth-order valence-electron chi connectivity index (χ4n) is 3.60. The molecular weight excluding hydrogens is 603 g/mol. The first-order valence-electron chi connectivity index (χ1n) is 10.7. The quantitative estimate of drug-likeness (QED) is 0.133. The van der Waals surface area contributed by atoms with Crippen molar-refractivity contribution >= 4 is 52.7 Å². The van der Waals surface area contributed by atoms with Gasteiger partial charge in [-0.15, -0.1) is 5.10 Å². The first-order valence-corrected chi connectivity index (χ1v) is 14.5. The Kier molecular flexibility index (Phi) is 7.55. The fourth-order valence-corrected chi connectivity index (χ4v) is 7.17. The summed E-state index contributed by atoms with van der Waals surface area (Å²) in [6, 6.07) is 5.37. The van der Waals surface area contributed by atoms with E-state index >= 15 is 0 Å². The van der Waals surface area contributed by atoms with E-state index in [1.165, 1.54) is 6.07 Å². The molecule has 0 aliphatic heterocycles. The van der Waals surface area contributed by atoms with Crippen LogP contribution in [0.4, 0.5) is 18.3 Å². The van der Waals surface area contributed by atoms with Gasteiger partial charge in [0.1, 0.15) is 9.79 Å². The van der Waals surface area contributed by atoms with E-state index < -0.39 is 59.8 Å². The Morgan fingerprint density at radius 2 is 1.85 bits per heavy atom. The van der Waals surface area contributed by atoms with Gasteiger partial charge >= 0.3 is 12.1 Å². The summed E-state index contributed by atoms with van der Waals surface area (Å²) in [4.78, 5) is 13.6. The minimum absolute atomic E-state index is 0.0599. The van der Waals surface area contributed by atoms with E-state index in [4.69, 9.17) is 16.6 Å². The molecule has 2 atom stereocenters. The van der Waals surface area contributed by atoms with E-state index in [0.717, 1.165) is 24.3 Å². The first-order chi connectivity index (χ1) is 18.5. The number of primary sulfonamides is 1. The minimum Gasteiger partial charge on any atom is -0.437 e. The van der Waals surface area contributed by atoms with Gasteiger partial charge in [-0.25, -0.2) is 36.9 Å². The van der Waals surface area contributed by atoms with Crippen LogP contribution >= 0.6 is 11.3 Å². The van der Waals surface area contributed by atoms with Crippen LogP contribution in [0.15, 0.2) is 40.1 Å². The first kappa shape index (κ1) is 29.2. The maximum atomic E-state index is 13.4. The number of nitrogens with zero attached hydrogens (tertiary/aromatic N) is 4. The number of halogens is 3. The maximum Gasteiger partial charge on any atom is 0.490 e. The molecule has 2 aromatic carbocycles. The summed E-state index contributed by atoms with van der Waals surface area (Å²) < 4.78 is 97.3. The topological polar surface area (TPSA) is 252 Å². The number of anilines is 1. The number of benzene rings is 2. The lowest BCUT2D eigenvalue weighted by atomic mass is 9.98. The number of fused-ring (bicyclic) bond motifs is 1. The van der Waals surface area contributed by atoms with Crippen molar-refractivity contribution in [3.63, 3.8) is 0 Å². The summed E-state index contributed by atoms with van der Waals surface area (Å²) in [5, 5.41) is 18.5. The predicted octanol–water partition coefficient (Wildman–Crippen LogP) is 0.430. The molecule has 0 aliphatic rings. The maximum absolute atomic E-state index is 13.4. The van der Waals surface area contributed by atoms with Crippen molar-refractivity contribution in [2.75, 3.05) is 5.73 Å². The van der Waals surface area contributed by atoms with Gasteiger partial charge in [0.15, 0.2) is 17.2 Å². The molecule has 0 radical (unpaired) electrons. The number of hydrogen-bond acceptors (Lipinski definition) is 13. The number of rotatable bonds is 8. The van der Waals surface area contributed by atoms with Gasteiger partial charge in [-0.2, -0.15) is 17.9 Å². The molecule has 4 rings (SSSR count). The molecule has 0 aliphatic carbocycles. The third kappa shape index (κ3) is 5.73. The van der Waals surface area contributed by atoms with Crippen LogP contribution in [0.25, 0.3) is 32.7 Å². The molecule has 4 aromatic rings. The highest BCUT2D eigenvalue weighted by atomic mass is 32.2. The Morgan fingerprint density at radius 1 is 1.15 bits per heavy atom. The van der Waals surface area contributed by atoms with Crippen LogP contribution in [0.3, 0.4) is 0 Å². The SMILES string of the molecule is CC(N)C(NS(=O)(=O)c1ccc(-c2cccc3sc(N)nc23)c(-c2nnn[nH]2)c1S(N)(=O)=O)OC(=O)C(F)(F)F. The number of aromatic nitrogens is 5. The number of nitrogen functional groups attached to an aromatic ring is 1. The van der Waals surface area contributed by atoms with Crippen LogP contribution < -0.4 is 21.3 Å². The molecule has 0 spiro atoms. The third-order valence-corrected chi connectivity index (χ3v) is 8.65. The molecular formula is C19H18F3N9O6S3. The zero-order valence-electron chi connectivity index (χ0n) is 19.9. The van der Waals surface area contributed by atoms with Gasteiger partial charge in [-0.3, -0.25) is 0 Å². The van der Waals surface area contributed by atoms with Crippen molar-refractivity contribution in [3.05, 3.63) is 30.3 Å². The monoisotopic (exact) mass is 621 g/mol. The lowest BCUT2D eigenvalue weighted by Crippen LogP contribution is -2.50. The van der Waals surface area contributed by atoms with Gasteiger partial charge in [-0.05, 0) is 35.0 Å². The zero-order chi connectivity index (χ0) is 29.6. The number of ether oxygens (including phenoxy) is 1. The minimum atomic E-state index is -5.47. The molecule has 2 unspecified atom stereocenters. The van der Waals surface area contributed by atoms with Crippen molar-refractivity contribution in [3.8, 4) is 22.5 Å². The van der Waals surface area contributed by atoms with E-state index in [9.17, 15) is 34.8 Å². The lowest BCUT2D eigenvalue weighted by molar-refractivity contribution is -0.206. The Morgan fingerprint density at radius 3 is 2.42 bits per heavy atom. The van der Waals surface area contributed by atoms with Crippen LogP contribution in [-0.4, -0.2) is 66.9 Å². The number of nitrogens with one attached hydrogen (secondary N) is 2. The molecule has 21 heteroatoms. The molecule has 2 aromatic heterocycles. The largest absolute Gasteiger partial charge is 0.490 e. The van der Waals surface area contributed by atoms with Gasteiger partial charge in [-0.1, -0.05) is 29.5 Å². The number of carbonyl (C=O) groups excluding carboxylic acids is 1. The van der Waals surface area contributed by atoms with E-state index in [1.807, 2.05) is 0 Å². The number of carbonyl (C=O) groups is 1. The highest BCUT2D eigenvalue weighted by molar-refractivity contribution is 7.92. The van der Waals surface area contributed by atoms with Crippen molar-refractivity contribution in [1.82, 2.24) is 30.3 Å². The molecule has 214 valence electrons. The van der Waals surface area contributed by atoms with Gasteiger partial charge in [0.05, 0.1) is 21.8 Å². The summed E-state index contributed by atoms with van der Waals surface area (Å²) in [7, 11) is -10.1. The summed E-state index contributed by atoms with van der Waals surface area (Å²) in [6.45, 7) is 1.05. The van der Waals surface area contributed by atoms with Gasteiger partial charge < -0.3 is 16.2 Å². The number of tetrazole rings is 1. The van der Waals surface area contributed by atoms with Gasteiger partial charge in [0, 0.05) is 5.56 Å². The van der Waals surface area contributed by atoms with Crippen LogP contribution in [0.2, 0.25) is 0 Å². The van der Waals surface area contributed by atoms with Crippen LogP contribution in [0, 0.1) is 0 Å². The Labute approximate surface area is 227 Å². The Hall–Kier alpha value is -3.76. The smallest absolute Gasteiger partial charge is 0.437 e. The van der Waals surface area contributed by atoms with Crippen LogP contribution in [0.5, 0.6) is 0 Å². The Bertz CT molecular complexity index is 1810. The predicted molar refractivity (Wildman–Crippen MR) is 134 cm³/mol. The summed E-state index contributed by atoms with van der Waals surface area (Å²) in [5.41, 5.74) is 11.7. The normalized spacial score (nSPS) is 14.2. The van der Waals surface area contributed by atoms with E-state index in [0.29, 0.717) is 15.8 Å². The van der Waals surface area contributed by atoms with Crippen LogP contribution in [-0.2, 0) is 29.6 Å². The molecule has 8 N–H and O–H groups in total. The third-order valence-electron chi connectivity index (χ3n) is 5.22. The molecule has 0 saturated heterocycles.